The van der Waals surface area contributed by atoms with Crippen LogP contribution in [-0.4, -0.2) is 63.6 Å². The molecular formula is C22H31IN4O2S2. The highest BCUT2D eigenvalue weighted by Crippen LogP contribution is 2.26. The van der Waals surface area contributed by atoms with E-state index < -0.39 is 10.0 Å². The van der Waals surface area contributed by atoms with Crippen molar-refractivity contribution in [3.05, 3.63) is 60.2 Å². The van der Waals surface area contributed by atoms with Gasteiger partial charge in [0.15, 0.2) is 5.96 Å². The van der Waals surface area contributed by atoms with E-state index >= 15 is 0 Å². The first-order valence-corrected chi connectivity index (χ1v) is 12.5. The van der Waals surface area contributed by atoms with Gasteiger partial charge in [-0.1, -0.05) is 36.4 Å². The average Bonchev–Trinajstić information content (AvgIpc) is 3.22. The summed E-state index contributed by atoms with van der Waals surface area (Å²) in [6.45, 7) is 2.32. The zero-order valence-electron chi connectivity index (χ0n) is 18.2. The highest BCUT2D eigenvalue weighted by molar-refractivity contribution is 14.0. The summed E-state index contributed by atoms with van der Waals surface area (Å²) < 4.78 is 26.5. The maximum Gasteiger partial charge on any atom is 0.242 e. The number of benzene rings is 2. The van der Waals surface area contributed by atoms with Crippen LogP contribution in [0.5, 0.6) is 0 Å². The van der Waals surface area contributed by atoms with Gasteiger partial charge in [0.1, 0.15) is 0 Å². The van der Waals surface area contributed by atoms with Crippen LogP contribution in [0.4, 0.5) is 0 Å². The number of nitrogens with one attached hydrogen (secondary N) is 1. The van der Waals surface area contributed by atoms with Crippen molar-refractivity contribution >= 4 is 51.7 Å². The van der Waals surface area contributed by atoms with Gasteiger partial charge in [-0.3, -0.25) is 4.99 Å². The van der Waals surface area contributed by atoms with Crippen molar-refractivity contribution in [2.75, 3.05) is 40.0 Å². The number of aliphatic imine (C=N–C) groups is 1. The molecular weight excluding hydrogens is 543 g/mol. The molecule has 1 fully saturated rings. The average molecular weight is 575 g/mol. The molecule has 1 unspecified atom stereocenters. The van der Waals surface area contributed by atoms with Crippen LogP contribution in [0.1, 0.15) is 12.0 Å². The van der Waals surface area contributed by atoms with Gasteiger partial charge in [-0.05, 0) is 36.1 Å². The quantitative estimate of drug-likeness (QED) is 0.236. The monoisotopic (exact) mass is 574 g/mol. The third-order valence-electron chi connectivity index (χ3n) is 5.19. The van der Waals surface area contributed by atoms with Crippen LogP contribution in [0.15, 0.2) is 69.4 Å². The summed E-state index contributed by atoms with van der Waals surface area (Å²) in [4.78, 5) is 8.33. The smallest absolute Gasteiger partial charge is 0.242 e. The van der Waals surface area contributed by atoms with E-state index in [0.29, 0.717) is 17.4 Å². The lowest BCUT2D eigenvalue weighted by Gasteiger charge is -2.22. The molecule has 2 aromatic rings. The summed E-state index contributed by atoms with van der Waals surface area (Å²) in [5.41, 5.74) is 0.739. The molecule has 3 rings (SSSR count). The molecule has 0 aliphatic carbocycles. The van der Waals surface area contributed by atoms with E-state index in [1.54, 1.807) is 33.3 Å². The van der Waals surface area contributed by atoms with E-state index in [4.69, 9.17) is 0 Å². The molecule has 0 spiro atoms. The van der Waals surface area contributed by atoms with Crippen molar-refractivity contribution in [3.8, 4) is 0 Å². The molecule has 1 heterocycles. The largest absolute Gasteiger partial charge is 0.352 e. The molecule has 0 amide bonds. The second-order valence-electron chi connectivity index (χ2n) is 7.52. The van der Waals surface area contributed by atoms with Crippen molar-refractivity contribution in [2.24, 2.45) is 10.9 Å². The Hall–Kier alpha value is -1.30. The first-order chi connectivity index (χ1) is 14.4. The maximum absolute atomic E-state index is 12.6. The van der Waals surface area contributed by atoms with Gasteiger partial charge in [0.2, 0.25) is 10.0 Å². The highest BCUT2D eigenvalue weighted by atomic mass is 127. The van der Waals surface area contributed by atoms with Crippen molar-refractivity contribution in [3.63, 3.8) is 0 Å². The van der Waals surface area contributed by atoms with Crippen LogP contribution in [0.2, 0.25) is 0 Å². The van der Waals surface area contributed by atoms with E-state index in [1.807, 2.05) is 30.0 Å². The molecule has 31 heavy (non-hydrogen) atoms. The molecule has 0 radical (unpaired) electrons. The van der Waals surface area contributed by atoms with Gasteiger partial charge in [0.25, 0.3) is 0 Å². The molecule has 1 saturated heterocycles. The Bertz CT molecular complexity index is 968. The van der Waals surface area contributed by atoms with Gasteiger partial charge in [-0.15, -0.1) is 35.7 Å². The van der Waals surface area contributed by atoms with Crippen molar-refractivity contribution in [1.29, 1.82) is 0 Å². The SMILES string of the molecule is CN=C(NCc1ccccc1S(=O)(=O)N(C)C)N1CCC(CSc2ccccc2)C1.I. The number of hydrogen-bond donors (Lipinski definition) is 1. The molecule has 6 nitrogen and oxygen atoms in total. The third-order valence-corrected chi connectivity index (χ3v) is 8.35. The standard InChI is InChI=1S/C22H30N4O2S2.HI/c1-23-22(24-15-19-9-7-8-12-21(19)30(27,28)25(2)3)26-14-13-18(16-26)17-29-20-10-5-4-6-11-20;/h4-12,18H,13-17H2,1-3H3,(H,23,24);1H. The van der Waals surface area contributed by atoms with Gasteiger partial charge >= 0.3 is 0 Å². The Morgan fingerprint density at radius 3 is 2.52 bits per heavy atom. The Labute approximate surface area is 207 Å². The molecule has 0 aromatic heterocycles. The lowest BCUT2D eigenvalue weighted by Crippen LogP contribution is -2.40. The molecule has 2 aromatic carbocycles. The lowest BCUT2D eigenvalue weighted by atomic mass is 10.2. The Morgan fingerprint density at radius 2 is 1.84 bits per heavy atom. The van der Waals surface area contributed by atoms with Crippen molar-refractivity contribution < 1.29 is 8.42 Å². The number of sulfonamides is 1. The topological polar surface area (TPSA) is 65.0 Å². The van der Waals surface area contributed by atoms with Crippen molar-refractivity contribution in [2.45, 2.75) is 22.8 Å². The van der Waals surface area contributed by atoms with Crippen LogP contribution in [0, 0.1) is 5.92 Å². The van der Waals surface area contributed by atoms with Crippen LogP contribution >= 0.6 is 35.7 Å². The van der Waals surface area contributed by atoms with Crippen LogP contribution in [-0.2, 0) is 16.6 Å². The second-order valence-corrected chi connectivity index (χ2v) is 10.7. The molecule has 1 N–H and O–H groups in total. The zero-order valence-corrected chi connectivity index (χ0v) is 22.2. The molecule has 1 aliphatic rings. The van der Waals surface area contributed by atoms with Gasteiger partial charge in [-0.2, -0.15) is 0 Å². The van der Waals surface area contributed by atoms with E-state index in [2.05, 4.69) is 39.5 Å². The first-order valence-electron chi connectivity index (χ1n) is 10.1. The fourth-order valence-electron chi connectivity index (χ4n) is 3.50. The number of nitrogens with zero attached hydrogens (tertiary/aromatic N) is 3. The number of likely N-dealkylation sites (tertiary alicyclic amines) is 1. The molecule has 9 heteroatoms. The third kappa shape index (κ3) is 6.84. The summed E-state index contributed by atoms with van der Waals surface area (Å²) in [5.74, 6) is 2.51. The minimum Gasteiger partial charge on any atom is -0.352 e. The molecule has 0 saturated carbocycles. The van der Waals surface area contributed by atoms with Gasteiger partial charge in [-0.25, -0.2) is 12.7 Å². The summed E-state index contributed by atoms with van der Waals surface area (Å²) in [6.07, 6.45) is 1.13. The highest BCUT2D eigenvalue weighted by Gasteiger charge is 2.26. The number of hydrogen-bond acceptors (Lipinski definition) is 4. The summed E-state index contributed by atoms with van der Waals surface area (Å²) in [7, 11) is 1.39. The molecule has 0 bridgehead atoms. The Morgan fingerprint density at radius 1 is 1.16 bits per heavy atom. The number of guanidine groups is 1. The van der Waals surface area contributed by atoms with E-state index in [-0.39, 0.29) is 24.0 Å². The number of halogens is 1. The van der Waals surface area contributed by atoms with E-state index in [1.165, 1.54) is 9.20 Å². The van der Waals surface area contributed by atoms with Crippen molar-refractivity contribution in [1.82, 2.24) is 14.5 Å². The van der Waals surface area contributed by atoms with Crippen LogP contribution < -0.4 is 5.32 Å². The van der Waals surface area contributed by atoms with Gasteiger partial charge in [0, 0.05) is 51.4 Å². The maximum atomic E-state index is 12.6. The number of rotatable bonds is 7. The van der Waals surface area contributed by atoms with Crippen LogP contribution in [0.25, 0.3) is 0 Å². The Balaban J connectivity index is 0.00000341. The fraction of sp³-hybridized carbons (Fsp3) is 0.409. The normalized spacial score (nSPS) is 17.0. The van der Waals surface area contributed by atoms with Crippen LogP contribution in [0.3, 0.4) is 0 Å². The van der Waals surface area contributed by atoms with Gasteiger partial charge in [0.05, 0.1) is 4.90 Å². The second kappa shape index (κ2) is 12.1. The molecule has 170 valence electrons. The molecule has 1 atom stereocenters. The Kier molecular flexibility index (Phi) is 10.1. The summed E-state index contributed by atoms with van der Waals surface area (Å²) in [5, 5.41) is 3.36. The first kappa shape index (κ1) is 26.0. The van der Waals surface area contributed by atoms with Gasteiger partial charge < -0.3 is 10.2 Å². The van der Waals surface area contributed by atoms with E-state index in [9.17, 15) is 8.42 Å². The predicted octanol–water partition coefficient (Wildman–Crippen LogP) is 3.74. The summed E-state index contributed by atoms with van der Waals surface area (Å²) in [6, 6.07) is 17.6. The zero-order chi connectivity index (χ0) is 21.6. The molecule has 1 aliphatic heterocycles. The fourth-order valence-corrected chi connectivity index (χ4v) is 5.66. The predicted molar refractivity (Wildman–Crippen MR) is 140 cm³/mol. The lowest BCUT2D eigenvalue weighted by molar-refractivity contribution is 0.473. The number of thioether (sulfide) groups is 1. The summed E-state index contributed by atoms with van der Waals surface area (Å²) >= 11 is 1.90. The minimum atomic E-state index is -3.49. The minimum absolute atomic E-state index is 0. The van der Waals surface area contributed by atoms with E-state index in [0.717, 1.165) is 36.8 Å².